The van der Waals surface area contributed by atoms with Crippen LogP contribution in [0.15, 0.2) is 21.2 Å². The Morgan fingerprint density at radius 1 is 1.71 bits per heavy atom. The second-order valence-corrected chi connectivity index (χ2v) is 5.28. The number of hydrogen-bond acceptors (Lipinski definition) is 3. The third kappa shape index (κ3) is 1.83. The Labute approximate surface area is 95.0 Å². The predicted molar refractivity (Wildman–Crippen MR) is 59.4 cm³/mol. The number of thioether (sulfide) groups is 1. The van der Waals surface area contributed by atoms with Crippen LogP contribution in [-0.2, 0) is 0 Å². The molecule has 0 radical (unpaired) electrons. The molecule has 0 aliphatic carbocycles. The topological polar surface area (TPSA) is 33.5 Å². The molecule has 0 bridgehead atoms. The van der Waals surface area contributed by atoms with E-state index < -0.39 is 0 Å². The van der Waals surface area contributed by atoms with Gasteiger partial charge in [0.1, 0.15) is 0 Å². The van der Waals surface area contributed by atoms with Crippen molar-refractivity contribution in [1.82, 2.24) is 4.90 Å². The van der Waals surface area contributed by atoms with Crippen LogP contribution >= 0.6 is 27.7 Å². The normalized spacial score (nSPS) is 21.6. The molecule has 1 aromatic rings. The second kappa shape index (κ2) is 3.98. The van der Waals surface area contributed by atoms with E-state index in [-0.39, 0.29) is 11.3 Å². The fourth-order valence-corrected chi connectivity index (χ4v) is 2.76. The lowest BCUT2D eigenvalue weighted by Gasteiger charge is -2.18. The van der Waals surface area contributed by atoms with E-state index in [0.29, 0.717) is 10.4 Å². The van der Waals surface area contributed by atoms with E-state index >= 15 is 0 Å². The van der Waals surface area contributed by atoms with Gasteiger partial charge in [-0.15, -0.1) is 11.8 Å². The predicted octanol–water partition coefficient (Wildman–Crippen LogP) is 2.58. The third-order valence-corrected chi connectivity index (χ3v) is 3.76. The van der Waals surface area contributed by atoms with Crippen LogP contribution in [0.25, 0.3) is 0 Å². The number of nitrogens with zero attached hydrogens (tertiary/aromatic N) is 1. The minimum atomic E-state index is -0.0202. The number of amides is 1. The van der Waals surface area contributed by atoms with Crippen molar-refractivity contribution in [1.29, 1.82) is 0 Å². The Kier molecular flexibility index (Phi) is 2.88. The molecule has 1 aliphatic heterocycles. The molecule has 1 atom stereocenters. The fourth-order valence-electron chi connectivity index (χ4n) is 1.43. The molecule has 5 heteroatoms. The highest BCUT2D eigenvalue weighted by Gasteiger charge is 2.28. The lowest BCUT2D eigenvalue weighted by Crippen LogP contribution is -2.32. The van der Waals surface area contributed by atoms with Crippen molar-refractivity contribution in [2.75, 3.05) is 12.3 Å². The summed E-state index contributed by atoms with van der Waals surface area (Å²) in [5.74, 6) is 1.40. The molecule has 0 spiro atoms. The first-order valence-corrected chi connectivity index (χ1v) is 6.20. The number of furan rings is 1. The molecule has 1 saturated heterocycles. The van der Waals surface area contributed by atoms with Crippen molar-refractivity contribution in [3.8, 4) is 0 Å². The molecule has 14 heavy (non-hydrogen) atoms. The van der Waals surface area contributed by atoms with Crippen molar-refractivity contribution in [2.45, 2.75) is 12.3 Å². The highest BCUT2D eigenvalue weighted by atomic mass is 79.9. The van der Waals surface area contributed by atoms with Gasteiger partial charge in [-0.25, -0.2) is 0 Å². The monoisotopic (exact) mass is 275 g/mol. The van der Waals surface area contributed by atoms with Crippen LogP contribution < -0.4 is 0 Å². The number of hydrogen-bond donors (Lipinski definition) is 0. The van der Waals surface area contributed by atoms with E-state index in [2.05, 4.69) is 15.9 Å². The molecular weight excluding hydrogens is 266 g/mol. The van der Waals surface area contributed by atoms with Gasteiger partial charge >= 0.3 is 0 Å². The van der Waals surface area contributed by atoms with E-state index in [4.69, 9.17) is 4.42 Å². The van der Waals surface area contributed by atoms with E-state index in [1.54, 1.807) is 23.9 Å². The maximum Gasteiger partial charge on any atom is 0.290 e. The Morgan fingerprint density at radius 3 is 3.00 bits per heavy atom. The van der Waals surface area contributed by atoms with Crippen LogP contribution in [0.3, 0.4) is 0 Å². The van der Waals surface area contributed by atoms with Gasteiger partial charge in [0.25, 0.3) is 5.91 Å². The summed E-state index contributed by atoms with van der Waals surface area (Å²) in [4.78, 5) is 13.7. The molecule has 1 aromatic heterocycles. The van der Waals surface area contributed by atoms with Gasteiger partial charge < -0.3 is 9.32 Å². The molecule has 2 rings (SSSR count). The molecule has 1 aliphatic rings. The van der Waals surface area contributed by atoms with E-state index in [0.717, 1.165) is 12.3 Å². The van der Waals surface area contributed by atoms with Crippen LogP contribution in [0.5, 0.6) is 0 Å². The van der Waals surface area contributed by atoms with Gasteiger partial charge in [-0.1, -0.05) is 0 Å². The molecule has 3 nitrogen and oxygen atoms in total. The Balaban J connectivity index is 2.15. The first-order chi connectivity index (χ1) is 6.68. The average Bonchev–Trinajstić information content (AvgIpc) is 2.73. The number of rotatable bonds is 1. The van der Waals surface area contributed by atoms with Crippen LogP contribution in [0.4, 0.5) is 0 Å². The summed E-state index contributed by atoms with van der Waals surface area (Å²) in [6.07, 6.45) is 0. The zero-order valence-electron chi connectivity index (χ0n) is 7.70. The summed E-state index contributed by atoms with van der Waals surface area (Å²) in [5, 5.41) is 0.256. The summed E-state index contributed by atoms with van der Waals surface area (Å²) in [6.45, 7) is 2.84. The molecule has 0 N–H and O–H groups in total. The lowest BCUT2D eigenvalue weighted by atomic mass is 10.4. The molecule has 1 fully saturated rings. The van der Waals surface area contributed by atoms with Gasteiger partial charge in [0.2, 0.25) is 0 Å². The summed E-state index contributed by atoms with van der Waals surface area (Å²) in [5.41, 5.74) is 0. The van der Waals surface area contributed by atoms with E-state index in [9.17, 15) is 4.79 Å². The summed E-state index contributed by atoms with van der Waals surface area (Å²) in [6, 6.07) is 3.43. The van der Waals surface area contributed by atoms with E-state index in [1.165, 1.54) is 0 Å². The summed E-state index contributed by atoms with van der Waals surface area (Å²) >= 11 is 4.97. The van der Waals surface area contributed by atoms with E-state index in [1.807, 2.05) is 11.8 Å². The number of carbonyl (C=O) groups excluding carboxylic acids is 1. The third-order valence-electron chi connectivity index (χ3n) is 2.18. The lowest BCUT2D eigenvalue weighted by molar-refractivity contribution is 0.0735. The average molecular weight is 276 g/mol. The number of carbonyl (C=O) groups is 1. The molecule has 0 saturated carbocycles. The number of halogens is 1. The molecule has 0 aromatic carbocycles. The van der Waals surface area contributed by atoms with Gasteiger partial charge in [-0.05, 0) is 35.0 Å². The SMILES string of the molecule is CC1SCCN1C(=O)c1ccc(Br)o1. The van der Waals surface area contributed by atoms with Crippen molar-refractivity contribution >= 4 is 33.6 Å². The van der Waals surface area contributed by atoms with Crippen molar-refractivity contribution in [2.24, 2.45) is 0 Å². The maximum absolute atomic E-state index is 11.9. The molecule has 76 valence electrons. The van der Waals surface area contributed by atoms with Crippen LogP contribution in [0.1, 0.15) is 17.5 Å². The minimum absolute atomic E-state index is 0.0202. The quantitative estimate of drug-likeness (QED) is 0.790. The van der Waals surface area contributed by atoms with Crippen LogP contribution in [-0.4, -0.2) is 28.5 Å². The highest BCUT2D eigenvalue weighted by molar-refractivity contribution is 9.10. The smallest absolute Gasteiger partial charge is 0.290 e. The largest absolute Gasteiger partial charge is 0.444 e. The summed E-state index contributed by atoms with van der Waals surface area (Å²) < 4.78 is 5.82. The summed E-state index contributed by atoms with van der Waals surface area (Å²) in [7, 11) is 0. The first-order valence-electron chi connectivity index (χ1n) is 4.36. The fraction of sp³-hybridized carbons (Fsp3) is 0.444. The van der Waals surface area contributed by atoms with Gasteiger partial charge in [0.15, 0.2) is 10.4 Å². The molecule has 1 unspecified atom stereocenters. The van der Waals surface area contributed by atoms with Crippen molar-refractivity contribution in [3.05, 3.63) is 22.6 Å². The molecule has 2 heterocycles. The maximum atomic E-state index is 11.9. The van der Waals surface area contributed by atoms with Crippen molar-refractivity contribution in [3.63, 3.8) is 0 Å². The highest BCUT2D eigenvalue weighted by Crippen LogP contribution is 2.25. The molecular formula is C9H10BrNO2S. The van der Waals surface area contributed by atoms with Gasteiger partial charge in [0, 0.05) is 12.3 Å². The van der Waals surface area contributed by atoms with Crippen LogP contribution in [0, 0.1) is 0 Å². The first kappa shape index (κ1) is 10.1. The van der Waals surface area contributed by atoms with Crippen LogP contribution in [0.2, 0.25) is 0 Å². The second-order valence-electron chi connectivity index (χ2n) is 3.07. The standard InChI is InChI=1S/C9H10BrNO2S/c1-6-11(4-5-14-6)9(12)7-2-3-8(10)13-7/h2-3,6H,4-5H2,1H3. The minimum Gasteiger partial charge on any atom is -0.444 e. The van der Waals surface area contributed by atoms with Gasteiger partial charge in [-0.2, -0.15) is 0 Å². The Hall–Kier alpha value is -0.420. The van der Waals surface area contributed by atoms with Gasteiger partial charge in [0.05, 0.1) is 5.37 Å². The van der Waals surface area contributed by atoms with Crippen molar-refractivity contribution < 1.29 is 9.21 Å². The zero-order chi connectivity index (χ0) is 10.1. The Morgan fingerprint density at radius 2 is 2.50 bits per heavy atom. The zero-order valence-corrected chi connectivity index (χ0v) is 10.1. The Bertz CT molecular complexity index is 352. The molecule has 1 amide bonds. The van der Waals surface area contributed by atoms with Gasteiger partial charge in [-0.3, -0.25) is 4.79 Å².